The molecule has 0 spiro atoms. The maximum absolute atomic E-state index is 5.89. The molecule has 0 aliphatic carbocycles. The summed E-state index contributed by atoms with van der Waals surface area (Å²) in [7, 11) is 4.12. The van der Waals surface area contributed by atoms with Crippen molar-refractivity contribution < 1.29 is 0 Å². The Kier molecular flexibility index (Phi) is 3.02. The van der Waals surface area contributed by atoms with Gasteiger partial charge in [-0.25, -0.2) is 9.67 Å². The largest absolute Gasteiger partial charge is 0.327 e. The average molecular weight is 209 g/mol. The second-order valence-corrected chi connectivity index (χ2v) is 4.47. The molecule has 2 N–H and O–H groups in total. The predicted molar refractivity (Wildman–Crippen MR) is 58.6 cm³/mol. The number of nitrogens with zero attached hydrogens (tertiary/aromatic N) is 4. The topological polar surface area (TPSA) is 60.0 Å². The average Bonchev–Trinajstić information content (AvgIpc) is 2.56. The van der Waals surface area contributed by atoms with Crippen molar-refractivity contribution in [1.29, 1.82) is 0 Å². The maximum atomic E-state index is 5.89. The molecule has 1 aromatic heterocycles. The molecule has 0 bridgehead atoms. The lowest BCUT2D eigenvalue weighted by Gasteiger charge is -2.17. The number of fused-ring (bicyclic) bond motifs is 1. The van der Waals surface area contributed by atoms with Crippen LogP contribution in [-0.2, 0) is 19.4 Å². The summed E-state index contributed by atoms with van der Waals surface area (Å²) >= 11 is 0. The third kappa shape index (κ3) is 2.54. The second kappa shape index (κ2) is 4.28. The number of aryl methyl sites for hydroxylation is 1. The minimum atomic E-state index is 0.267. The van der Waals surface area contributed by atoms with E-state index in [1.165, 1.54) is 0 Å². The molecular formula is C10H19N5. The van der Waals surface area contributed by atoms with Gasteiger partial charge in [-0.3, -0.25) is 0 Å². The number of nitrogens with two attached hydrogens (primary N) is 1. The van der Waals surface area contributed by atoms with Crippen LogP contribution < -0.4 is 5.73 Å². The third-order valence-electron chi connectivity index (χ3n) is 2.73. The molecule has 0 saturated carbocycles. The lowest BCUT2D eigenvalue weighted by atomic mass is 10.1. The van der Waals surface area contributed by atoms with Crippen molar-refractivity contribution in [2.45, 2.75) is 31.8 Å². The molecule has 5 nitrogen and oxygen atoms in total. The summed E-state index contributed by atoms with van der Waals surface area (Å²) in [6, 6.07) is 0.267. The molecule has 0 aromatic carbocycles. The minimum absolute atomic E-state index is 0.267. The third-order valence-corrected chi connectivity index (χ3v) is 2.73. The normalized spacial score (nSPS) is 20.7. The predicted octanol–water partition coefficient (Wildman–Crippen LogP) is -0.344. The lowest BCUT2D eigenvalue weighted by Crippen LogP contribution is -2.31. The molecular weight excluding hydrogens is 190 g/mol. The maximum Gasteiger partial charge on any atom is 0.152 e. The van der Waals surface area contributed by atoms with Gasteiger partial charge in [0.05, 0.1) is 0 Å². The molecule has 15 heavy (non-hydrogen) atoms. The number of rotatable bonds is 3. The van der Waals surface area contributed by atoms with Crippen LogP contribution in [0.3, 0.4) is 0 Å². The Balaban J connectivity index is 2.03. The molecule has 0 fully saturated rings. The van der Waals surface area contributed by atoms with E-state index < -0.39 is 0 Å². The van der Waals surface area contributed by atoms with Gasteiger partial charge in [0.2, 0.25) is 0 Å². The molecule has 1 aliphatic heterocycles. The van der Waals surface area contributed by atoms with Crippen LogP contribution in [-0.4, -0.2) is 46.3 Å². The zero-order chi connectivity index (χ0) is 10.8. The first-order chi connectivity index (χ1) is 7.15. The Bertz CT molecular complexity index is 331. The fourth-order valence-corrected chi connectivity index (χ4v) is 1.81. The molecule has 1 aliphatic rings. The van der Waals surface area contributed by atoms with Gasteiger partial charge in [-0.1, -0.05) is 0 Å². The highest BCUT2D eigenvalue weighted by atomic mass is 15.4. The number of aromatic nitrogens is 3. The summed E-state index contributed by atoms with van der Waals surface area (Å²) in [4.78, 5) is 6.66. The molecule has 1 atom stereocenters. The zero-order valence-electron chi connectivity index (χ0n) is 9.48. The van der Waals surface area contributed by atoms with Crippen LogP contribution in [0.5, 0.6) is 0 Å². The van der Waals surface area contributed by atoms with Gasteiger partial charge in [0.15, 0.2) is 5.82 Å². The zero-order valence-corrected chi connectivity index (χ0v) is 9.48. The number of likely N-dealkylation sites (N-methyl/N-ethyl adjacent to an activating group) is 1. The van der Waals surface area contributed by atoms with Crippen LogP contribution in [0, 0.1) is 0 Å². The van der Waals surface area contributed by atoms with Crippen molar-refractivity contribution in [3.05, 3.63) is 11.6 Å². The summed E-state index contributed by atoms with van der Waals surface area (Å²) in [6.07, 6.45) is 2.81. The van der Waals surface area contributed by atoms with E-state index in [9.17, 15) is 0 Å². The Morgan fingerprint density at radius 1 is 1.53 bits per heavy atom. The fraction of sp³-hybridized carbons (Fsp3) is 0.800. The first-order valence-corrected chi connectivity index (χ1v) is 5.48. The van der Waals surface area contributed by atoms with Crippen molar-refractivity contribution in [3.8, 4) is 0 Å². The smallest absolute Gasteiger partial charge is 0.152 e. The number of hydrogen-bond donors (Lipinski definition) is 1. The van der Waals surface area contributed by atoms with Crippen LogP contribution in [0.1, 0.15) is 18.1 Å². The molecule has 0 radical (unpaired) electrons. The summed E-state index contributed by atoms with van der Waals surface area (Å²) in [6.45, 7) is 1.92. The summed E-state index contributed by atoms with van der Waals surface area (Å²) in [5.41, 5.74) is 5.89. The highest BCUT2D eigenvalue weighted by Gasteiger charge is 2.18. The van der Waals surface area contributed by atoms with Crippen molar-refractivity contribution in [3.63, 3.8) is 0 Å². The Labute approximate surface area is 90.3 Å². The quantitative estimate of drug-likeness (QED) is 0.739. The van der Waals surface area contributed by atoms with Crippen LogP contribution >= 0.6 is 0 Å². The SMILES string of the molecule is CN(C)CCc1nc2n(n1)CCC(N)C2. The number of hydrogen-bond acceptors (Lipinski definition) is 4. The van der Waals surface area contributed by atoms with E-state index in [2.05, 4.69) is 29.1 Å². The fourth-order valence-electron chi connectivity index (χ4n) is 1.81. The highest BCUT2D eigenvalue weighted by molar-refractivity contribution is 4.99. The Morgan fingerprint density at radius 3 is 3.07 bits per heavy atom. The highest BCUT2D eigenvalue weighted by Crippen LogP contribution is 2.11. The molecule has 1 unspecified atom stereocenters. The second-order valence-electron chi connectivity index (χ2n) is 4.47. The first-order valence-electron chi connectivity index (χ1n) is 5.48. The summed E-state index contributed by atoms with van der Waals surface area (Å²) in [5, 5.41) is 4.48. The minimum Gasteiger partial charge on any atom is -0.327 e. The van der Waals surface area contributed by atoms with Crippen LogP contribution in [0.2, 0.25) is 0 Å². The van der Waals surface area contributed by atoms with E-state index in [1.54, 1.807) is 0 Å². The summed E-state index contributed by atoms with van der Waals surface area (Å²) in [5.74, 6) is 2.01. The standard InChI is InChI=1S/C10H19N5/c1-14(2)5-4-9-12-10-7-8(11)3-6-15(10)13-9/h8H,3-7,11H2,1-2H3. The van der Waals surface area contributed by atoms with Crippen LogP contribution in [0.25, 0.3) is 0 Å². The van der Waals surface area contributed by atoms with Crippen molar-refractivity contribution in [2.24, 2.45) is 5.73 Å². The Morgan fingerprint density at radius 2 is 2.33 bits per heavy atom. The van der Waals surface area contributed by atoms with Crippen molar-refractivity contribution in [2.75, 3.05) is 20.6 Å². The summed E-state index contributed by atoms with van der Waals surface area (Å²) < 4.78 is 2.01. The van der Waals surface area contributed by atoms with E-state index in [1.807, 2.05) is 4.68 Å². The van der Waals surface area contributed by atoms with Gasteiger partial charge in [0.1, 0.15) is 5.82 Å². The van der Waals surface area contributed by atoms with Crippen LogP contribution in [0.15, 0.2) is 0 Å². The van der Waals surface area contributed by atoms with Gasteiger partial charge in [-0.05, 0) is 20.5 Å². The van der Waals surface area contributed by atoms with Gasteiger partial charge in [0.25, 0.3) is 0 Å². The van der Waals surface area contributed by atoms with Crippen LogP contribution in [0.4, 0.5) is 0 Å². The van der Waals surface area contributed by atoms with Gasteiger partial charge in [0, 0.05) is 32.0 Å². The molecule has 2 rings (SSSR count). The van der Waals surface area contributed by atoms with Crippen molar-refractivity contribution >= 4 is 0 Å². The lowest BCUT2D eigenvalue weighted by molar-refractivity contribution is 0.407. The van der Waals surface area contributed by atoms with Gasteiger partial charge in [-0.15, -0.1) is 0 Å². The molecule has 1 aromatic rings. The van der Waals surface area contributed by atoms with Gasteiger partial charge >= 0.3 is 0 Å². The van der Waals surface area contributed by atoms with E-state index in [0.29, 0.717) is 0 Å². The Hall–Kier alpha value is -0.940. The molecule has 84 valence electrons. The van der Waals surface area contributed by atoms with E-state index >= 15 is 0 Å². The van der Waals surface area contributed by atoms with Gasteiger partial charge < -0.3 is 10.6 Å². The van der Waals surface area contributed by atoms with E-state index in [-0.39, 0.29) is 6.04 Å². The monoisotopic (exact) mass is 209 g/mol. The van der Waals surface area contributed by atoms with E-state index in [0.717, 1.165) is 44.0 Å². The van der Waals surface area contributed by atoms with Crippen molar-refractivity contribution in [1.82, 2.24) is 19.7 Å². The molecule has 2 heterocycles. The molecule has 5 heteroatoms. The molecule has 0 saturated heterocycles. The van der Waals surface area contributed by atoms with E-state index in [4.69, 9.17) is 5.73 Å². The first kappa shape index (κ1) is 10.6. The van der Waals surface area contributed by atoms with Gasteiger partial charge in [-0.2, -0.15) is 5.10 Å². The molecule has 0 amide bonds.